The van der Waals surface area contributed by atoms with Gasteiger partial charge in [0, 0.05) is 33.8 Å². The van der Waals surface area contributed by atoms with Crippen molar-refractivity contribution in [2.24, 2.45) is 0 Å². The number of hydrogen-bond acceptors (Lipinski definition) is 2. The van der Waals surface area contributed by atoms with Gasteiger partial charge in [0.2, 0.25) is 0 Å². The van der Waals surface area contributed by atoms with Gasteiger partial charge >= 0.3 is 0 Å². The van der Waals surface area contributed by atoms with E-state index in [0.717, 1.165) is 28.4 Å². The molecule has 0 heterocycles. The van der Waals surface area contributed by atoms with Gasteiger partial charge in [-0.05, 0) is 105 Å². The Morgan fingerprint density at radius 3 is 1.01 bits per heavy atom. The molecular formula is C65H70N2Si4. The fourth-order valence-electron chi connectivity index (χ4n) is 11.0. The molecule has 1 aliphatic carbocycles. The van der Waals surface area contributed by atoms with Crippen LogP contribution in [-0.2, 0) is 5.41 Å². The number of fused-ring (bicyclic) bond motifs is 5. The first-order valence-corrected chi connectivity index (χ1v) is 39.6. The van der Waals surface area contributed by atoms with Crippen LogP contribution in [0.15, 0.2) is 206 Å². The highest BCUT2D eigenvalue weighted by molar-refractivity contribution is 6.90. The molecule has 9 aromatic carbocycles. The van der Waals surface area contributed by atoms with Gasteiger partial charge in [0.15, 0.2) is 0 Å². The minimum absolute atomic E-state index is 0.661. The number of anilines is 6. The Morgan fingerprint density at radius 2 is 0.634 bits per heavy atom. The second-order valence-electron chi connectivity index (χ2n) is 23.9. The summed E-state index contributed by atoms with van der Waals surface area (Å²) in [7, 11) is -6.19. The Labute approximate surface area is 428 Å². The lowest BCUT2D eigenvalue weighted by Crippen LogP contribution is -2.37. The molecule has 0 spiro atoms. The van der Waals surface area contributed by atoms with Gasteiger partial charge in [-0.2, -0.15) is 0 Å². The summed E-state index contributed by atoms with van der Waals surface area (Å²) in [5.74, 6) is 0. The van der Waals surface area contributed by atoms with Gasteiger partial charge in [0.25, 0.3) is 0 Å². The quantitative estimate of drug-likeness (QED) is 0.113. The smallest absolute Gasteiger partial charge is 0.0775 e. The summed E-state index contributed by atoms with van der Waals surface area (Å²) in [6, 6.07) is 79.7. The van der Waals surface area contributed by atoms with Crippen LogP contribution < -0.4 is 30.5 Å². The summed E-state index contributed by atoms with van der Waals surface area (Å²) in [6.45, 7) is 29.2. The number of rotatable bonds is 12. The van der Waals surface area contributed by atoms with E-state index in [-0.39, 0.29) is 0 Å². The highest BCUT2D eigenvalue weighted by Crippen LogP contribution is 2.60. The summed E-state index contributed by atoms with van der Waals surface area (Å²) in [5, 5.41) is 8.32. The zero-order valence-corrected chi connectivity index (χ0v) is 48.0. The average Bonchev–Trinajstić information content (AvgIpc) is 3.64. The van der Waals surface area contributed by atoms with Gasteiger partial charge in [-0.1, -0.05) is 239 Å². The number of nitrogens with zero attached hydrogens (tertiary/aromatic N) is 2. The maximum Gasteiger partial charge on any atom is 0.0775 e. The molecule has 71 heavy (non-hydrogen) atoms. The van der Waals surface area contributed by atoms with Crippen molar-refractivity contribution >= 4 is 97.9 Å². The Kier molecular flexibility index (Phi) is 12.3. The van der Waals surface area contributed by atoms with E-state index in [1.54, 1.807) is 0 Å². The molecule has 10 rings (SSSR count). The van der Waals surface area contributed by atoms with Crippen LogP contribution in [-0.4, -0.2) is 32.3 Å². The second-order valence-corrected chi connectivity index (χ2v) is 44.2. The molecule has 0 amide bonds. The maximum atomic E-state index is 2.57. The van der Waals surface area contributed by atoms with Crippen molar-refractivity contribution in [3.63, 3.8) is 0 Å². The van der Waals surface area contributed by atoms with Crippen LogP contribution in [0.3, 0.4) is 0 Å². The van der Waals surface area contributed by atoms with Gasteiger partial charge in [-0.25, -0.2) is 0 Å². The summed E-state index contributed by atoms with van der Waals surface area (Å²) in [6.07, 6.45) is 0. The van der Waals surface area contributed by atoms with Crippen molar-refractivity contribution in [3.8, 4) is 11.1 Å². The van der Waals surface area contributed by atoms with E-state index < -0.39 is 37.7 Å². The predicted molar refractivity (Wildman–Crippen MR) is 323 cm³/mol. The van der Waals surface area contributed by atoms with Gasteiger partial charge in [-0.3, -0.25) is 0 Å². The zero-order valence-electron chi connectivity index (χ0n) is 44.0. The first-order valence-electron chi connectivity index (χ1n) is 25.6. The van der Waals surface area contributed by atoms with Crippen LogP contribution in [0.4, 0.5) is 34.1 Å². The van der Waals surface area contributed by atoms with Crippen molar-refractivity contribution in [1.82, 2.24) is 0 Å². The lowest BCUT2D eigenvalue weighted by atomic mass is 9.67. The van der Waals surface area contributed by atoms with Crippen LogP contribution in [0.2, 0.25) is 78.6 Å². The number of benzene rings is 9. The van der Waals surface area contributed by atoms with E-state index in [4.69, 9.17) is 0 Å². The lowest BCUT2D eigenvalue weighted by Gasteiger charge is -2.36. The summed E-state index contributed by atoms with van der Waals surface area (Å²) in [5.41, 5.74) is 14.0. The normalized spacial score (nSPS) is 13.5. The predicted octanol–water partition coefficient (Wildman–Crippen LogP) is 16.3. The third-order valence-corrected chi connectivity index (χ3v) is 23.2. The average molecular weight is 992 g/mol. The Balaban J connectivity index is 1.28. The van der Waals surface area contributed by atoms with Crippen molar-refractivity contribution in [2.75, 3.05) is 9.80 Å². The molecule has 0 saturated carbocycles. The molecule has 9 aromatic rings. The van der Waals surface area contributed by atoms with E-state index >= 15 is 0 Å². The highest BCUT2D eigenvalue weighted by atomic mass is 28.3. The van der Waals surface area contributed by atoms with E-state index in [1.165, 1.54) is 70.6 Å². The highest BCUT2D eigenvalue weighted by Gasteiger charge is 2.48. The van der Waals surface area contributed by atoms with Gasteiger partial charge < -0.3 is 9.80 Å². The van der Waals surface area contributed by atoms with E-state index in [9.17, 15) is 0 Å². The molecule has 6 heteroatoms. The Morgan fingerprint density at radius 1 is 0.296 bits per heavy atom. The fraction of sp³-hybridized carbons (Fsp3) is 0.200. The minimum atomic E-state index is -1.56. The van der Waals surface area contributed by atoms with Crippen LogP contribution >= 0.6 is 0 Å². The standard InChI is InChI=1S/C65H70N2Si4/c1-68(2,3)54-36-27-49(28-37-54)66(50-29-38-55(39-30-50)69(4,5)6)53-35-44-60-61(45-53)65(47-21-15-13-16-22-47,48-23-17-14-18-24-48)62-46-63(58-25-19-20-26-59(58)64(60)62)67(51-31-40-56(41-32-51)70(7,8)9)52-33-42-57(43-34-52)71(10,11)12/h13-46H,1-12H3. The molecule has 0 N–H and O–H groups in total. The molecule has 0 aromatic heterocycles. The SMILES string of the molecule is C[Si](C)(C)c1ccc(N(c2ccc([Si](C)(C)C)cc2)c2ccc3c(c2)C(c2ccccc2)(c2ccccc2)c2cc(N(c4ccc([Si](C)(C)C)cc4)c4ccc([Si](C)(C)C)cc4)c4ccccc4c2-3)cc1. The summed E-state index contributed by atoms with van der Waals surface area (Å²) in [4.78, 5) is 5.03. The van der Waals surface area contributed by atoms with Crippen molar-refractivity contribution < 1.29 is 0 Å². The van der Waals surface area contributed by atoms with E-state index in [0.29, 0.717) is 0 Å². The van der Waals surface area contributed by atoms with Gasteiger partial charge in [0.05, 0.1) is 43.4 Å². The topological polar surface area (TPSA) is 6.48 Å². The van der Waals surface area contributed by atoms with E-state index in [2.05, 4.69) is 295 Å². The second kappa shape index (κ2) is 18.1. The first kappa shape index (κ1) is 48.3. The van der Waals surface area contributed by atoms with Gasteiger partial charge in [-0.15, -0.1) is 0 Å². The van der Waals surface area contributed by atoms with Crippen molar-refractivity contribution in [3.05, 3.63) is 229 Å². The molecule has 0 atom stereocenters. The van der Waals surface area contributed by atoms with Crippen molar-refractivity contribution in [1.29, 1.82) is 0 Å². The Hall–Kier alpha value is -6.29. The molecule has 2 nitrogen and oxygen atoms in total. The van der Waals surface area contributed by atoms with E-state index in [1.807, 2.05) is 0 Å². The van der Waals surface area contributed by atoms with Crippen LogP contribution in [0.1, 0.15) is 22.3 Å². The van der Waals surface area contributed by atoms with Gasteiger partial charge in [0.1, 0.15) is 0 Å². The number of hydrogen-bond donors (Lipinski definition) is 0. The third kappa shape index (κ3) is 8.83. The Bertz CT molecular complexity index is 3200. The molecule has 0 bridgehead atoms. The first-order chi connectivity index (χ1) is 33.7. The zero-order chi connectivity index (χ0) is 50.1. The van der Waals surface area contributed by atoms with Crippen LogP contribution in [0.25, 0.3) is 21.9 Å². The molecule has 0 fully saturated rings. The van der Waals surface area contributed by atoms with Crippen molar-refractivity contribution in [2.45, 2.75) is 84.0 Å². The molecule has 0 unspecified atom stereocenters. The van der Waals surface area contributed by atoms with Crippen LogP contribution in [0, 0.1) is 0 Å². The van der Waals surface area contributed by atoms with Crippen LogP contribution in [0.5, 0.6) is 0 Å². The monoisotopic (exact) mass is 990 g/mol. The summed E-state index contributed by atoms with van der Waals surface area (Å²) < 4.78 is 0. The third-order valence-electron chi connectivity index (χ3n) is 15.0. The maximum absolute atomic E-state index is 2.57. The largest absolute Gasteiger partial charge is 0.310 e. The molecule has 356 valence electrons. The minimum Gasteiger partial charge on any atom is -0.310 e. The molecule has 1 aliphatic rings. The fourth-order valence-corrected chi connectivity index (χ4v) is 15.6. The molecule has 0 radical (unpaired) electrons. The molecule has 0 saturated heterocycles. The summed E-state index contributed by atoms with van der Waals surface area (Å²) >= 11 is 0. The molecular weight excluding hydrogens is 921 g/mol. The lowest BCUT2D eigenvalue weighted by molar-refractivity contribution is 0.769. The molecule has 0 aliphatic heterocycles.